The summed E-state index contributed by atoms with van der Waals surface area (Å²) < 4.78 is 43.6. The van der Waals surface area contributed by atoms with Crippen LogP contribution in [0.15, 0.2) is 36.9 Å². The Bertz CT molecular complexity index is 1600. The summed E-state index contributed by atoms with van der Waals surface area (Å²) in [6.45, 7) is 13.7. The first-order valence-electron chi connectivity index (χ1n) is 16.1. The van der Waals surface area contributed by atoms with E-state index in [0.717, 1.165) is 0 Å². The zero-order chi connectivity index (χ0) is 36.5. The summed E-state index contributed by atoms with van der Waals surface area (Å²) in [6.07, 6.45) is -0.421. The van der Waals surface area contributed by atoms with Crippen molar-refractivity contribution in [1.82, 2.24) is 20.3 Å². The van der Waals surface area contributed by atoms with Gasteiger partial charge in [-0.2, -0.15) is 0 Å². The Hall–Kier alpha value is -4.34. The van der Waals surface area contributed by atoms with Crippen molar-refractivity contribution in [3.05, 3.63) is 36.9 Å². The van der Waals surface area contributed by atoms with Gasteiger partial charge in [-0.3, -0.25) is 24.4 Å². The first-order valence-corrected chi connectivity index (χ1v) is 17.7. The van der Waals surface area contributed by atoms with Gasteiger partial charge >= 0.3 is 12.2 Å². The Morgan fingerprint density at radius 3 is 2.24 bits per heavy atom. The van der Waals surface area contributed by atoms with Crippen molar-refractivity contribution in [2.24, 2.45) is 11.3 Å². The molecule has 1 heterocycles. The van der Waals surface area contributed by atoms with Gasteiger partial charge in [0.25, 0.3) is 5.91 Å². The molecule has 2 saturated carbocycles. The average Bonchev–Trinajstić information content (AvgIpc) is 3.91. The van der Waals surface area contributed by atoms with Crippen LogP contribution in [0.5, 0.6) is 5.75 Å². The molecule has 0 spiro atoms. The molecule has 1 aromatic rings. The number of hydrogen-bond acceptors (Lipinski definition) is 10. The summed E-state index contributed by atoms with van der Waals surface area (Å²) in [5.41, 5.74) is -2.98. The number of para-hydroxylation sites is 2. The minimum Gasteiger partial charge on any atom is -0.495 e. The number of rotatable bonds is 11. The van der Waals surface area contributed by atoms with E-state index < -0.39 is 85.8 Å². The second kappa shape index (κ2) is 13.9. The van der Waals surface area contributed by atoms with Crippen LogP contribution < -0.4 is 25.4 Å². The van der Waals surface area contributed by atoms with Gasteiger partial charge in [-0.15, -0.1) is 6.58 Å². The van der Waals surface area contributed by atoms with E-state index in [0.29, 0.717) is 24.3 Å². The van der Waals surface area contributed by atoms with Gasteiger partial charge in [-0.05, 0) is 57.6 Å². The number of likely N-dealkylation sites (tertiary alicyclic amines) is 1. The Kier molecular flexibility index (Phi) is 10.6. The zero-order valence-electron chi connectivity index (χ0n) is 29.0. The first kappa shape index (κ1) is 37.5. The molecule has 15 nitrogen and oxygen atoms in total. The monoisotopic (exact) mass is 705 g/mol. The zero-order valence-corrected chi connectivity index (χ0v) is 29.8. The smallest absolute Gasteiger partial charge is 0.412 e. The maximum Gasteiger partial charge on any atom is 0.412 e. The van der Waals surface area contributed by atoms with Gasteiger partial charge < -0.3 is 29.7 Å². The van der Waals surface area contributed by atoms with E-state index >= 15 is 0 Å². The van der Waals surface area contributed by atoms with Crippen molar-refractivity contribution in [1.29, 1.82) is 0 Å². The molecule has 0 bridgehead atoms. The van der Waals surface area contributed by atoms with E-state index in [1.165, 1.54) is 18.1 Å². The van der Waals surface area contributed by atoms with Gasteiger partial charge in [0.15, 0.2) is 0 Å². The Morgan fingerprint density at radius 2 is 1.69 bits per heavy atom. The van der Waals surface area contributed by atoms with E-state index in [9.17, 15) is 32.4 Å². The molecule has 1 aliphatic heterocycles. The highest BCUT2D eigenvalue weighted by Crippen LogP contribution is 2.45. The normalized spacial score (nSPS) is 24.1. The van der Waals surface area contributed by atoms with Crippen LogP contribution in [0.3, 0.4) is 0 Å². The van der Waals surface area contributed by atoms with Crippen molar-refractivity contribution < 1.29 is 46.6 Å². The Morgan fingerprint density at radius 1 is 1.04 bits per heavy atom. The third-order valence-corrected chi connectivity index (χ3v) is 10.3. The van der Waals surface area contributed by atoms with Crippen LogP contribution in [0, 0.1) is 11.3 Å². The van der Waals surface area contributed by atoms with Crippen LogP contribution in [0.4, 0.5) is 15.3 Å². The summed E-state index contributed by atoms with van der Waals surface area (Å²) in [4.78, 5) is 68.6. The fourth-order valence-electron chi connectivity index (χ4n) is 5.67. The summed E-state index contributed by atoms with van der Waals surface area (Å²) in [5.74, 6) is -2.49. The Balaban J connectivity index is 1.59. The lowest BCUT2D eigenvalue weighted by atomic mass is 9.85. The van der Waals surface area contributed by atoms with Crippen LogP contribution >= 0.6 is 0 Å². The fourth-order valence-corrected chi connectivity index (χ4v) is 7.04. The lowest BCUT2D eigenvalue weighted by Crippen LogP contribution is -2.60. The topological polar surface area (TPSA) is 199 Å². The molecule has 16 heteroatoms. The number of amides is 5. The lowest BCUT2D eigenvalue weighted by Gasteiger charge is -2.36. The number of ether oxygens (including phenoxy) is 3. The van der Waals surface area contributed by atoms with Gasteiger partial charge in [0, 0.05) is 12.3 Å². The van der Waals surface area contributed by atoms with Gasteiger partial charge in [-0.25, -0.2) is 18.0 Å². The van der Waals surface area contributed by atoms with E-state index in [2.05, 4.69) is 27.3 Å². The van der Waals surface area contributed by atoms with Crippen LogP contribution in [0.1, 0.15) is 67.2 Å². The molecule has 2 aliphatic carbocycles. The number of methoxy groups -OCH3 is 1. The molecule has 0 radical (unpaired) electrons. The number of benzene rings is 1. The molecule has 4 rings (SSSR count). The third-order valence-electron chi connectivity index (χ3n) is 8.49. The number of anilines is 1. The highest BCUT2D eigenvalue weighted by atomic mass is 32.2. The standard InChI is InChI=1S/C33H47N5O10S/c1-9-19-17-33(19,28(41)37-49(44,45)21-14-15-21)36-26(39)23-16-20(47-29(42)34-22-12-10-11-13-24(22)46-8)18-38(23)27(40)25(31(2,3)4)35-30(43)48-32(5,6)7/h9-13,19-21,23,25H,1,14-18H2,2-8H3,(H,34,42)(H,35,43)(H,36,39)(H,37,41)/t19?,20-,23+,25-,33?/m1/s1. The van der Waals surface area contributed by atoms with E-state index in [4.69, 9.17) is 14.2 Å². The van der Waals surface area contributed by atoms with Gasteiger partial charge in [0.1, 0.15) is 35.1 Å². The average molecular weight is 706 g/mol. The summed E-state index contributed by atoms with van der Waals surface area (Å²) >= 11 is 0. The summed E-state index contributed by atoms with van der Waals surface area (Å²) in [7, 11) is -2.48. The lowest BCUT2D eigenvalue weighted by molar-refractivity contribution is -0.143. The highest BCUT2D eigenvalue weighted by molar-refractivity contribution is 7.91. The largest absolute Gasteiger partial charge is 0.495 e. The van der Waals surface area contributed by atoms with Crippen LogP contribution in [-0.4, -0.2) is 91.5 Å². The second-order valence-corrected chi connectivity index (χ2v) is 16.7. The molecule has 3 fully saturated rings. The Labute approximate surface area is 286 Å². The molecular formula is C33H47N5O10S. The van der Waals surface area contributed by atoms with Crippen LogP contribution in [0.25, 0.3) is 0 Å². The van der Waals surface area contributed by atoms with Gasteiger partial charge in [0.2, 0.25) is 21.8 Å². The van der Waals surface area contributed by atoms with Crippen molar-refractivity contribution in [3.8, 4) is 5.75 Å². The molecule has 0 aromatic heterocycles. The molecule has 3 aliphatic rings. The molecule has 4 N–H and O–H groups in total. The third kappa shape index (κ3) is 9.02. The van der Waals surface area contributed by atoms with Gasteiger partial charge in [0.05, 0.1) is 24.6 Å². The van der Waals surface area contributed by atoms with Crippen LogP contribution in [-0.2, 0) is 33.9 Å². The number of carbonyl (C=O) groups is 5. The number of alkyl carbamates (subject to hydrolysis) is 1. The second-order valence-electron chi connectivity index (χ2n) is 14.7. The maximum absolute atomic E-state index is 14.2. The molecule has 1 saturated heterocycles. The molecule has 1 aromatic carbocycles. The quantitative estimate of drug-likeness (QED) is 0.248. The number of sulfonamides is 1. The molecule has 2 unspecified atom stereocenters. The van der Waals surface area contributed by atoms with E-state index in [1.54, 1.807) is 65.8 Å². The highest BCUT2D eigenvalue weighted by Gasteiger charge is 2.62. The van der Waals surface area contributed by atoms with E-state index in [-0.39, 0.29) is 19.4 Å². The van der Waals surface area contributed by atoms with Crippen LogP contribution in [0.2, 0.25) is 0 Å². The fraction of sp³-hybridized carbons (Fsp3) is 0.606. The molecular weight excluding hydrogens is 658 g/mol. The SMILES string of the molecule is C=CC1CC1(NC(=O)[C@@H]1C[C@@H](OC(=O)Nc2ccccc2OC)CN1C(=O)[C@@H](NC(=O)OC(C)(C)C)C(C)(C)C)C(=O)NS(=O)(=O)C1CC1. The van der Waals surface area contributed by atoms with Crippen molar-refractivity contribution in [3.63, 3.8) is 0 Å². The maximum atomic E-state index is 14.2. The molecule has 5 amide bonds. The molecule has 270 valence electrons. The number of carbonyl (C=O) groups excluding carboxylic acids is 5. The number of nitrogens with one attached hydrogen (secondary N) is 4. The minimum absolute atomic E-state index is 0.0982. The van der Waals surface area contributed by atoms with Gasteiger partial charge in [-0.1, -0.05) is 39.0 Å². The summed E-state index contributed by atoms with van der Waals surface area (Å²) in [5, 5.41) is 7.25. The van der Waals surface area contributed by atoms with Crippen molar-refractivity contribution >= 4 is 45.6 Å². The summed E-state index contributed by atoms with van der Waals surface area (Å²) in [6, 6.07) is 4.22. The molecule has 49 heavy (non-hydrogen) atoms. The molecule has 5 atom stereocenters. The number of nitrogens with zero attached hydrogens (tertiary/aromatic N) is 1. The minimum atomic E-state index is -3.92. The predicted molar refractivity (Wildman–Crippen MR) is 179 cm³/mol. The predicted octanol–water partition coefficient (Wildman–Crippen LogP) is 2.82. The first-order chi connectivity index (χ1) is 22.7. The van der Waals surface area contributed by atoms with Crippen molar-refractivity contribution in [2.45, 2.75) is 102 Å². The van der Waals surface area contributed by atoms with E-state index in [1.807, 2.05) is 0 Å². The number of hydrogen-bond donors (Lipinski definition) is 4. The van der Waals surface area contributed by atoms with Crippen molar-refractivity contribution in [2.75, 3.05) is 19.0 Å².